The monoisotopic (exact) mass is 254 g/mol. The fourth-order valence-electron chi connectivity index (χ4n) is 1.70. The molecular formula is C11H12ClFN4. The molecule has 0 radical (unpaired) electrons. The van der Waals surface area contributed by atoms with Crippen molar-refractivity contribution in [2.24, 2.45) is 0 Å². The normalized spacial score (nSPS) is 10.8. The Morgan fingerprint density at radius 2 is 2.18 bits per heavy atom. The molecule has 0 fully saturated rings. The summed E-state index contributed by atoms with van der Waals surface area (Å²) in [5.41, 5.74) is 1.51. The van der Waals surface area contributed by atoms with E-state index < -0.39 is 0 Å². The molecule has 0 unspecified atom stereocenters. The number of aromatic nitrogens is 3. The minimum atomic E-state index is -0.314. The lowest BCUT2D eigenvalue weighted by Crippen LogP contribution is -2.08. The molecule has 0 saturated heterocycles. The molecule has 17 heavy (non-hydrogen) atoms. The molecule has 1 aromatic heterocycles. The fourth-order valence-corrected chi connectivity index (χ4v) is 1.85. The van der Waals surface area contributed by atoms with Crippen molar-refractivity contribution in [1.82, 2.24) is 19.6 Å². The maximum Gasteiger partial charge on any atom is 0.148 e. The molecule has 0 atom stereocenters. The first-order chi connectivity index (χ1) is 8.11. The largest absolute Gasteiger partial charge is 0.229 e. The number of nitrogens with zero attached hydrogens (tertiary/aromatic N) is 3. The second-order valence-corrected chi connectivity index (χ2v) is 3.97. The van der Waals surface area contributed by atoms with E-state index in [-0.39, 0.29) is 5.82 Å². The smallest absolute Gasteiger partial charge is 0.148 e. The van der Waals surface area contributed by atoms with Crippen LogP contribution in [0.15, 0.2) is 18.2 Å². The molecule has 0 aliphatic rings. The molecule has 0 bridgehead atoms. The molecule has 4 nitrogen and oxygen atoms in total. The van der Waals surface area contributed by atoms with Gasteiger partial charge in [0.25, 0.3) is 0 Å². The third kappa shape index (κ3) is 2.45. The quantitative estimate of drug-likeness (QED) is 0.855. The molecule has 0 saturated carbocycles. The Bertz CT molecular complexity index is 538. The van der Waals surface area contributed by atoms with Gasteiger partial charge in [-0.2, -0.15) is 5.10 Å². The van der Waals surface area contributed by atoms with Crippen LogP contribution >= 0.6 is 11.8 Å². The summed E-state index contributed by atoms with van der Waals surface area (Å²) in [5.74, 6) is 1.05. The number of hydrogen-bond donors (Lipinski definition) is 1. The Morgan fingerprint density at radius 1 is 1.41 bits per heavy atom. The maximum absolute atomic E-state index is 13.3. The van der Waals surface area contributed by atoms with Gasteiger partial charge in [-0.05, 0) is 43.3 Å². The zero-order valence-electron chi connectivity index (χ0n) is 9.54. The van der Waals surface area contributed by atoms with Gasteiger partial charge in [0.1, 0.15) is 17.5 Å². The Labute approximate surface area is 104 Å². The highest BCUT2D eigenvalue weighted by atomic mass is 35.5. The number of benzene rings is 1. The van der Waals surface area contributed by atoms with E-state index in [0.717, 1.165) is 5.56 Å². The van der Waals surface area contributed by atoms with E-state index in [1.807, 2.05) is 6.92 Å². The van der Waals surface area contributed by atoms with Gasteiger partial charge < -0.3 is 0 Å². The van der Waals surface area contributed by atoms with E-state index in [1.54, 1.807) is 17.7 Å². The minimum Gasteiger partial charge on any atom is -0.229 e. The summed E-state index contributed by atoms with van der Waals surface area (Å²) in [7, 11) is 0. The molecular weight excluding hydrogens is 243 g/mol. The molecule has 0 aliphatic carbocycles. The fraction of sp³-hybridized carbons (Fsp3) is 0.273. The minimum absolute atomic E-state index is 0.314. The Morgan fingerprint density at radius 3 is 2.76 bits per heavy atom. The van der Waals surface area contributed by atoms with E-state index in [2.05, 4.69) is 14.9 Å². The van der Waals surface area contributed by atoms with Crippen molar-refractivity contribution >= 4 is 11.8 Å². The average molecular weight is 255 g/mol. The van der Waals surface area contributed by atoms with Crippen LogP contribution in [0.1, 0.15) is 17.2 Å². The van der Waals surface area contributed by atoms with E-state index in [1.165, 1.54) is 12.1 Å². The first-order valence-electron chi connectivity index (χ1n) is 5.14. The van der Waals surface area contributed by atoms with Gasteiger partial charge in [-0.1, -0.05) is 6.07 Å². The Hall–Kier alpha value is -1.46. The van der Waals surface area contributed by atoms with Gasteiger partial charge in [0.2, 0.25) is 0 Å². The second-order valence-electron chi connectivity index (χ2n) is 3.70. The summed E-state index contributed by atoms with van der Waals surface area (Å²) in [6.07, 6.45) is 0. The van der Waals surface area contributed by atoms with E-state index in [4.69, 9.17) is 11.8 Å². The summed E-state index contributed by atoms with van der Waals surface area (Å²) in [6, 6.07) is 4.49. The number of nitrogens with one attached hydrogen (secondary N) is 1. The maximum atomic E-state index is 13.3. The standard InChI is InChI=1S/C11H12ClFN4/c1-7-15-8(2)17(16-7)11-5-10(13)4-3-9(11)6-14-12/h3-5,14H,6H2,1-2H3. The summed E-state index contributed by atoms with van der Waals surface area (Å²) >= 11 is 5.49. The third-order valence-corrected chi connectivity index (χ3v) is 2.54. The van der Waals surface area contributed by atoms with Gasteiger partial charge in [0, 0.05) is 6.54 Å². The number of rotatable bonds is 3. The highest BCUT2D eigenvalue weighted by Gasteiger charge is 2.10. The zero-order valence-corrected chi connectivity index (χ0v) is 10.3. The van der Waals surface area contributed by atoms with Crippen molar-refractivity contribution in [3.63, 3.8) is 0 Å². The highest BCUT2D eigenvalue weighted by molar-refractivity contribution is 6.13. The first kappa shape index (κ1) is 12.0. The van der Waals surface area contributed by atoms with Crippen LogP contribution in [0.25, 0.3) is 5.69 Å². The summed E-state index contributed by atoms with van der Waals surface area (Å²) in [5, 5.41) is 4.23. The molecule has 1 aromatic carbocycles. The van der Waals surface area contributed by atoms with Gasteiger partial charge in [-0.3, -0.25) is 0 Å². The van der Waals surface area contributed by atoms with Crippen LogP contribution in [0.2, 0.25) is 0 Å². The predicted molar refractivity (Wildman–Crippen MR) is 63.5 cm³/mol. The van der Waals surface area contributed by atoms with Crippen molar-refractivity contribution in [2.75, 3.05) is 0 Å². The van der Waals surface area contributed by atoms with E-state index >= 15 is 0 Å². The number of aryl methyl sites for hydroxylation is 2. The molecule has 0 aliphatic heterocycles. The predicted octanol–water partition coefficient (Wildman–Crippen LogP) is 2.27. The van der Waals surface area contributed by atoms with Crippen molar-refractivity contribution in [1.29, 1.82) is 0 Å². The molecule has 2 rings (SSSR count). The molecule has 0 spiro atoms. The van der Waals surface area contributed by atoms with Crippen molar-refractivity contribution < 1.29 is 4.39 Å². The van der Waals surface area contributed by atoms with Crippen LogP contribution < -0.4 is 4.84 Å². The summed E-state index contributed by atoms with van der Waals surface area (Å²) < 4.78 is 14.9. The third-order valence-electron chi connectivity index (χ3n) is 2.41. The van der Waals surface area contributed by atoms with Crippen LogP contribution in [0.3, 0.4) is 0 Å². The van der Waals surface area contributed by atoms with E-state index in [9.17, 15) is 4.39 Å². The van der Waals surface area contributed by atoms with Crippen molar-refractivity contribution in [3.8, 4) is 5.69 Å². The summed E-state index contributed by atoms with van der Waals surface area (Å²) in [4.78, 5) is 6.72. The average Bonchev–Trinajstić information content (AvgIpc) is 2.61. The van der Waals surface area contributed by atoms with Crippen LogP contribution in [0.5, 0.6) is 0 Å². The lowest BCUT2D eigenvalue weighted by molar-refractivity contribution is 0.623. The van der Waals surface area contributed by atoms with Gasteiger partial charge in [-0.25, -0.2) is 18.9 Å². The molecule has 6 heteroatoms. The highest BCUT2D eigenvalue weighted by Crippen LogP contribution is 2.17. The van der Waals surface area contributed by atoms with Gasteiger partial charge in [0.05, 0.1) is 5.69 Å². The first-order valence-corrected chi connectivity index (χ1v) is 5.52. The zero-order chi connectivity index (χ0) is 12.4. The lowest BCUT2D eigenvalue weighted by atomic mass is 10.1. The SMILES string of the molecule is Cc1nc(C)n(-c2cc(F)ccc2CNCl)n1. The molecule has 90 valence electrons. The number of hydrogen-bond acceptors (Lipinski definition) is 3. The molecule has 1 heterocycles. The molecule has 0 amide bonds. The summed E-state index contributed by atoms with van der Waals surface area (Å²) in [6.45, 7) is 4.04. The van der Waals surface area contributed by atoms with Crippen LogP contribution in [-0.4, -0.2) is 14.8 Å². The van der Waals surface area contributed by atoms with Gasteiger partial charge >= 0.3 is 0 Å². The van der Waals surface area contributed by atoms with Crippen molar-refractivity contribution in [2.45, 2.75) is 20.4 Å². The molecule has 2 aromatic rings. The topological polar surface area (TPSA) is 42.7 Å². The van der Waals surface area contributed by atoms with Crippen LogP contribution in [0.4, 0.5) is 4.39 Å². The Kier molecular flexibility index (Phi) is 3.40. The van der Waals surface area contributed by atoms with Gasteiger partial charge in [-0.15, -0.1) is 0 Å². The molecule has 1 N–H and O–H groups in total. The number of halogens is 2. The second kappa shape index (κ2) is 4.81. The van der Waals surface area contributed by atoms with Crippen molar-refractivity contribution in [3.05, 3.63) is 41.2 Å². The van der Waals surface area contributed by atoms with E-state index in [0.29, 0.717) is 23.9 Å². The van der Waals surface area contributed by atoms with Crippen LogP contribution in [-0.2, 0) is 6.54 Å². The lowest BCUT2D eigenvalue weighted by Gasteiger charge is -2.09. The van der Waals surface area contributed by atoms with Gasteiger partial charge in [0.15, 0.2) is 0 Å². The van der Waals surface area contributed by atoms with Crippen LogP contribution in [0, 0.1) is 19.7 Å². The Balaban J connectivity index is 2.56.